The first-order chi connectivity index (χ1) is 5.75. The van der Waals surface area contributed by atoms with Gasteiger partial charge in [-0.15, -0.1) is 0 Å². The molecule has 0 heterocycles. The first kappa shape index (κ1) is 14.0. The SMILES string of the molecule is FC(F)(F)[C@@](F)(Cl)[C@](F)(Cl)C(F)(F)F. The van der Waals surface area contributed by atoms with Crippen molar-refractivity contribution < 1.29 is 35.1 Å². The lowest BCUT2D eigenvalue weighted by Gasteiger charge is -2.32. The molecule has 0 aromatic heterocycles. The summed E-state index contributed by atoms with van der Waals surface area (Å²) in [5.74, 6) is 0. The molecule has 0 bridgehead atoms. The minimum absolute atomic E-state index is 3.77. The summed E-state index contributed by atoms with van der Waals surface area (Å²) in [7, 11) is 0. The Morgan fingerprint density at radius 2 is 0.643 bits per heavy atom. The van der Waals surface area contributed by atoms with Gasteiger partial charge in [0.2, 0.25) is 0 Å². The van der Waals surface area contributed by atoms with Crippen molar-refractivity contribution in [3.05, 3.63) is 0 Å². The molecule has 0 fully saturated rings. The van der Waals surface area contributed by atoms with Gasteiger partial charge in [0, 0.05) is 0 Å². The molecule has 0 aliphatic rings. The summed E-state index contributed by atoms with van der Waals surface area (Å²) in [6.45, 7) is 0. The molecule has 86 valence electrons. The van der Waals surface area contributed by atoms with Crippen LogP contribution in [-0.4, -0.2) is 22.6 Å². The van der Waals surface area contributed by atoms with E-state index in [2.05, 4.69) is 23.2 Å². The van der Waals surface area contributed by atoms with Crippen molar-refractivity contribution >= 4 is 23.2 Å². The summed E-state index contributed by atoms with van der Waals surface area (Å²) in [4.78, 5) is 0. The fourth-order valence-corrected chi connectivity index (χ4v) is 0.570. The maximum absolute atomic E-state index is 12.3. The zero-order chi connectivity index (χ0) is 12.0. The quantitative estimate of drug-likeness (QED) is 0.501. The molecule has 0 nitrogen and oxygen atoms in total. The van der Waals surface area contributed by atoms with Crippen molar-refractivity contribution in [2.24, 2.45) is 0 Å². The van der Waals surface area contributed by atoms with E-state index in [0.717, 1.165) is 0 Å². The van der Waals surface area contributed by atoms with Crippen LogP contribution in [0, 0.1) is 0 Å². The van der Waals surface area contributed by atoms with E-state index in [1.165, 1.54) is 0 Å². The van der Waals surface area contributed by atoms with Crippen LogP contribution in [0.1, 0.15) is 0 Å². The van der Waals surface area contributed by atoms with Gasteiger partial charge in [0.25, 0.3) is 0 Å². The molecular weight excluding hydrogens is 271 g/mol. The first-order valence-electron chi connectivity index (χ1n) is 2.64. The average molecular weight is 271 g/mol. The van der Waals surface area contributed by atoms with E-state index in [1.54, 1.807) is 0 Å². The van der Waals surface area contributed by atoms with Crippen LogP contribution in [0.25, 0.3) is 0 Å². The van der Waals surface area contributed by atoms with Crippen molar-refractivity contribution in [3.63, 3.8) is 0 Å². The molecule has 2 atom stereocenters. The maximum atomic E-state index is 12.3. The van der Waals surface area contributed by atoms with Crippen LogP contribution < -0.4 is 0 Å². The zero-order valence-corrected chi connectivity index (χ0v) is 7.29. The summed E-state index contributed by atoms with van der Waals surface area (Å²) in [5.41, 5.74) is 0. The predicted molar refractivity (Wildman–Crippen MR) is 31.5 cm³/mol. The summed E-state index contributed by atoms with van der Waals surface area (Å²) in [5, 5.41) is -11.5. The molecule has 0 unspecified atom stereocenters. The monoisotopic (exact) mass is 270 g/mol. The topological polar surface area (TPSA) is 0 Å². The Morgan fingerprint density at radius 3 is 0.714 bits per heavy atom. The normalized spacial score (nSPS) is 22.7. The van der Waals surface area contributed by atoms with Crippen LogP contribution in [0.5, 0.6) is 0 Å². The molecule has 0 radical (unpaired) electrons. The van der Waals surface area contributed by atoms with Gasteiger partial charge in [-0.2, -0.15) is 26.3 Å². The Bertz CT molecular complexity index is 188. The molecule has 0 aliphatic heterocycles. The highest BCUT2D eigenvalue weighted by Gasteiger charge is 2.79. The van der Waals surface area contributed by atoms with Crippen molar-refractivity contribution in [2.45, 2.75) is 22.6 Å². The van der Waals surface area contributed by atoms with Gasteiger partial charge in [0.1, 0.15) is 0 Å². The molecule has 0 rings (SSSR count). The van der Waals surface area contributed by atoms with Gasteiger partial charge in [0.05, 0.1) is 0 Å². The molecule has 10 heteroatoms. The van der Waals surface area contributed by atoms with E-state index in [4.69, 9.17) is 0 Å². The van der Waals surface area contributed by atoms with Crippen LogP contribution in [0.3, 0.4) is 0 Å². The number of rotatable bonds is 1. The largest absolute Gasteiger partial charge is 0.441 e. The van der Waals surface area contributed by atoms with E-state index >= 15 is 0 Å². The van der Waals surface area contributed by atoms with E-state index in [0.29, 0.717) is 0 Å². The molecule has 0 aromatic rings. The fourth-order valence-electron chi connectivity index (χ4n) is 0.356. The van der Waals surface area contributed by atoms with E-state index < -0.39 is 22.6 Å². The Balaban J connectivity index is 5.30. The summed E-state index contributed by atoms with van der Waals surface area (Å²) in [6.07, 6.45) is -12.6. The standard InChI is InChI=1S/C4Cl2F8/c5-1(7,3(9,10)11)2(6,8)4(12,13)14/t1-,2-/m1/s1. The second kappa shape index (κ2) is 3.26. The van der Waals surface area contributed by atoms with Gasteiger partial charge >= 0.3 is 22.6 Å². The first-order valence-corrected chi connectivity index (χ1v) is 3.40. The molecule has 0 saturated carbocycles. The van der Waals surface area contributed by atoms with E-state index in [9.17, 15) is 35.1 Å². The zero-order valence-electron chi connectivity index (χ0n) is 5.78. The molecule has 14 heavy (non-hydrogen) atoms. The van der Waals surface area contributed by atoms with Crippen LogP contribution in [-0.2, 0) is 0 Å². The highest BCUT2D eigenvalue weighted by Crippen LogP contribution is 2.56. The van der Waals surface area contributed by atoms with Gasteiger partial charge in [-0.1, -0.05) is 23.2 Å². The van der Waals surface area contributed by atoms with Gasteiger partial charge in [0.15, 0.2) is 0 Å². The summed E-state index contributed by atoms with van der Waals surface area (Å²) < 4.78 is 93.7. The molecule has 0 aliphatic carbocycles. The van der Waals surface area contributed by atoms with Crippen LogP contribution >= 0.6 is 23.2 Å². The highest BCUT2D eigenvalue weighted by molar-refractivity contribution is 6.34. The second-order valence-electron chi connectivity index (χ2n) is 2.14. The second-order valence-corrected chi connectivity index (χ2v) is 3.19. The van der Waals surface area contributed by atoms with Gasteiger partial charge in [-0.3, -0.25) is 0 Å². The number of halogens is 10. The third kappa shape index (κ3) is 2.00. The fraction of sp³-hybridized carbons (Fsp3) is 1.00. The van der Waals surface area contributed by atoms with Crippen molar-refractivity contribution in [2.75, 3.05) is 0 Å². The number of hydrogen-bond acceptors (Lipinski definition) is 0. The van der Waals surface area contributed by atoms with Crippen molar-refractivity contribution in [3.8, 4) is 0 Å². The Labute approximate surface area is 81.8 Å². The summed E-state index contributed by atoms with van der Waals surface area (Å²) >= 11 is 7.54. The molecule has 0 saturated heterocycles. The maximum Gasteiger partial charge on any atom is 0.441 e. The Hall–Kier alpha value is 0.0200. The lowest BCUT2D eigenvalue weighted by Crippen LogP contribution is -2.57. The van der Waals surface area contributed by atoms with Crippen LogP contribution in [0.4, 0.5) is 35.1 Å². The number of hydrogen-bond donors (Lipinski definition) is 0. The smallest absolute Gasteiger partial charge is 0.210 e. The van der Waals surface area contributed by atoms with Gasteiger partial charge < -0.3 is 0 Å². The highest BCUT2D eigenvalue weighted by atomic mass is 35.5. The van der Waals surface area contributed by atoms with E-state index in [1.807, 2.05) is 0 Å². The lowest BCUT2D eigenvalue weighted by atomic mass is 10.2. The van der Waals surface area contributed by atoms with Gasteiger partial charge in [-0.25, -0.2) is 8.78 Å². The minimum atomic E-state index is -6.29. The predicted octanol–water partition coefficient (Wildman–Crippen LogP) is 3.92. The minimum Gasteiger partial charge on any atom is -0.210 e. The molecule has 0 N–H and O–H groups in total. The molecular formula is C4Cl2F8. The lowest BCUT2D eigenvalue weighted by molar-refractivity contribution is -0.289. The van der Waals surface area contributed by atoms with Crippen molar-refractivity contribution in [1.29, 1.82) is 0 Å². The molecule has 0 aromatic carbocycles. The van der Waals surface area contributed by atoms with E-state index in [-0.39, 0.29) is 0 Å². The molecule has 0 amide bonds. The van der Waals surface area contributed by atoms with Crippen molar-refractivity contribution in [1.82, 2.24) is 0 Å². The average Bonchev–Trinajstić information content (AvgIpc) is 1.81. The summed E-state index contributed by atoms with van der Waals surface area (Å²) in [6, 6.07) is 0. The third-order valence-electron chi connectivity index (χ3n) is 1.11. The van der Waals surface area contributed by atoms with Crippen LogP contribution in [0.2, 0.25) is 0 Å². The van der Waals surface area contributed by atoms with Gasteiger partial charge in [-0.05, 0) is 0 Å². The molecule has 0 spiro atoms. The third-order valence-corrected chi connectivity index (χ3v) is 2.15. The Kier molecular flexibility index (Phi) is 3.27. The number of alkyl halides is 10. The Morgan fingerprint density at radius 1 is 0.500 bits per heavy atom. The van der Waals surface area contributed by atoms with Crippen LogP contribution in [0.15, 0.2) is 0 Å².